The molecule has 3 nitrogen and oxygen atoms in total. The number of aliphatic hydroxyl groups excluding tert-OH is 1. The molecular weight excluding hydrogens is 200 g/mol. The van der Waals surface area contributed by atoms with Gasteiger partial charge in [-0.25, -0.2) is 4.79 Å². The zero-order chi connectivity index (χ0) is 10.1. The van der Waals surface area contributed by atoms with Gasteiger partial charge < -0.3 is 10.2 Å². The minimum Gasteiger partial charge on any atom is -0.478 e. The van der Waals surface area contributed by atoms with E-state index in [0.717, 1.165) is 0 Å². The molecule has 1 aromatic heterocycles. The van der Waals surface area contributed by atoms with E-state index in [2.05, 4.69) is 0 Å². The van der Waals surface area contributed by atoms with Crippen LogP contribution in [0.15, 0.2) is 23.6 Å². The quantitative estimate of drug-likeness (QED) is 0.742. The Balaban J connectivity index is 2.58. The molecular formula is C10H8O3S. The number of carboxylic acids is 1. The van der Waals surface area contributed by atoms with E-state index in [0.29, 0.717) is 10.4 Å². The van der Waals surface area contributed by atoms with Gasteiger partial charge in [-0.1, -0.05) is 24.3 Å². The summed E-state index contributed by atoms with van der Waals surface area (Å²) in [7, 11) is 0. The highest BCUT2D eigenvalue weighted by molar-refractivity contribution is 7.10. The number of aliphatic hydroxyl groups is 1. The topological polar surface area (TPSA) is 57.5 Å². The lowest BCUT2D eigenvalue weighted by Crippen LogP contribution is -1.98. The first-order valence-corrected chi connectivity index (χ1v) is 4.95. The van der Waals surface area contributed by atoms with Gasteiger partial charge in [0.15, 0.2) is 0 Å². The molecule has 0 aliphatic heterocycles. The molecule has 72 valence electrons. The number of allylic oxidation sites excluding steroid dienone is 2. The lowest BCUT2D eigenvalue weighted by atomic mass is 10.1. The molecule has 1 unspecified atom stereocenters. The lowest BCUT2D eigenvalue weighted by molar-refractivity contribution is 0.0697. The van der Waals surface area contributed by atoms with Crippen molar-refractivity contribution in [3.05, 3.63) is 39.6 Å². The minimum atomic E-state index is -0.957. The average Bonchev–Trinajstić information content (AvgIpc) is 2.48. The highest BCUT2D eigenvalue weighted by Crippen LogP contribution is 2.32. The van der Waals surface area contributed by atoms with Gasteiger partial charge in [-0.3, -0.25) is 0 Å². The van der Waals surface area contributed by atoms with Crippen LogP contribution >= 0.6 is 11.3 Å². The van der Waals surface area contributed by atoms with Crippen molar-refractivity contribution < 1.29 is 15.0 Å². The molecule has 0 saturated carbocycles. The monoisotopic (exact) mass is 208 g/mol. The second-order valence-corrected chi connectivity index (χ2v) is 3.83. The van der Waals surface area contributed by atoms with Crippen molar-refractivity contribution in [2.24, 2.45) is 0 Å². The van der Waals surface area contributed by atoms with E-state index in [4.69, 9.17) is 5.11 Å². The third-order valence-electron chi connectivity index (χ3n) is 2.03. The smallest absolute Gasteiger partial charge is 0.337 e. The van der Waals surface area contributed by atoms with Gasteiger partial charge in [0.05, 0.1) is 5.56 Å². The first-order valence-electron chi connectivity index (χ1n) is 4.08. The van der Waals surface area contributed by atoms with Crippen molar-refractivity contribution in [3.63, 3.8) is 0 Å². The Bertz CT molecular complexity index is 429. The molecule has 0 amide bonds. The molecule has 1 aromatic rings. The van der Waals surface area contributed by atoms with Gasteiger partial charge in [0, 0.05) is 15.8 Å². The van der Waals surface area contributed by atoms with Crippen LogP contribution in [-0.2, 0) is 0 Å². The summed E-state index contributed by atoms with van der Waals surface area (Å²) in [6.45, 7) is 0. The average molecular weight is 208 g/mol. The molecule has 1 aliphatic carbocycles. The summed E-state index contributed by atoms with van der Waals surface area (Å²) in [6.07, 6.45) is 6.09. The van der Waals surface area contributed by atoms with E-state index in [9.17, 15) is 9.90 Å². The molecule has 0 radical (unpaired) electrons. The maximum Gasteiger partial charge on any atom is 0.337 e. The van der Waals surface area contributed by atoms with Crippen molar-refractivity contribution >= 4 is 23.4 Å². The first kappa shape index (κ1) is 9.18. The normalized spacial score (nSPS) is 19.1. The molecule has 1 aliphatic rings. The summed E-state index contributed by atoms with van der Waals surface area (Å²) in [5.41, 5.74) is 0.865. The molecule has 2 rings (SSSR count). The van der Waals surface area contributed by atoms with Crippen LogP contribution in [0.25, 0.3) is 6.08 Å². The maximum atomic E-state index is 10.8. The van der Waals surface area contributed by atoms with E-state index < -0.39 is 12.1 Å². The molecule has 0 bridgehead atoms. The van der Waals surface area contributed by atoms with Crippen LogP contribution in [-0.4, -0.2) is 16.2 Å². The summed E-state index contributed by atoms with van der Waals surface area (Å²) in [4.78, 5) is 11.5. The van der Waals surface area contributed by atoms with E-state index in [-0.39, 0.29) is 5.56 Å². The minimum absolute atomic E-state index is 0.254. The van der Waals surface area contributed by atoms with Crippen molar-refractivity contribution in [3.8, 4) is 0 Å². The van der Waals surface area contributed by atoms with Gasteiger partial charge in [0.2, 0.25) is 0 Å². The van der Waals surface area contributed by atoms with E-state index in [1.165, 1.54) is 11.3 Å². The summed E-state index contributed by atoms with van der Waals surface area (Å²) >= 11 is 1.27. The maximum absolute atomic E-state index is 10.8. The summed E-state index contributed by atoms with van der Waals surface area (Å²) in [6, 6.07) is 0. The zero-order valence-electron chi connectivity index (χ0n) is 7.18. The molecule has 0 saturated heterocycles. The molecule has 1 heterocycles. The van der Waals surface area contributed by atoms with E-state index in [1.54, 1.807) is 29.7 Å². The highest BCUT2D eigenvalue weighted by Gasteiger charge is 2.19. The van der Waals surface area contributed by atoms with Crippen LogP contribution < -0.4 is 0 Å². The molecule has 14 heavy (non-hydrogen) atoms. The van der Waals surface area contributed by atoms with Crippen LogP contribution in [0.3, 0.4) is 0 Å². The second kappa shape index (κ2) is 3.40. The predicted octanol–water partition coefficient (Wildman–Crippen LogP) is 2.06. The SMILES string of the molecule is O=C(O)c1csc2c1C=CC=CC2O. The van der Waals surface area contributed by atoms with E-state index >= 15 is 0 Å². The zero-order valence-corrected chi connectivity index (χ0v) is 7.99. The van der Waals surface area contributed by atoms with Crippen molar-refractivity contribution in [1.29, 1.82) is 0 Å². The van der Waals surface area contributed by atoms with Gasteiger partial charge >= 0.3 is 5.97 Å². The fourth-order valence-corrected chi connectivity index (χ4v) is 2.35. The molecule has 0 aromatic carbocycles. The summed E-state index contributed by atoms with van der Waals surface area (Å²) < 4.78 is 0. The van der Waals surface area contributed by atoms with Crippen LogP contribution in [0.1, 0.15) is 26.9 Å². The largest absolute Gasteiger partial charge is 0.478 e. The van der Waals surface area contributed by atoms with Crippen molar-refractivity contribution in [1.82, 2.24) is 0 Å². The van der Waals surface area contributed by atoms with Crippen LogP contribution in [0, 0.1) is 0 Å². The van der Waals surface area contributed by atoms with Gasteiger partial charge in [-0.05, 0) is 0 Å². The number of hydrogen-bond donors (Lipinski definition) is 2. The van der Waals surface area contributed by atoms with Crippen LogP contribution in [0.2, 0.25) is 0 Å². The standard InChI is InChI=1S/C10H8O3S/c11-8-4-2-1-3-6-7(10(12)13)5-14-9(6)8/h1-5,8,11H,(H,12,13). The van der Waals surface area contributed by atoms with Gasteiger partial charge in [0.1, 0.15) is 6.10 Å². The fourth-order valence-electron chi connectivity index (χ4n) is 1.36. The van der Waals surface area contributed by atoms with Gasteiger partial charge in [-0.2, -0.15) is 0 Å². The Labute approximate surface area is 84.6 Å². The molecule has 1 atom stereocenters. The molecule has 4 heteroatoms. The number of fused-ring (bicyclic) bond motifs is 1. The second-order valence-electron chi connectivity index (χ2n) is 2.92. The Kier molecular flexibility index (Phi) is 2.23. The van der Waals surface area contributed by atoms with Crippen LogP contribution in [0.4, 0.5) is 0 Å². The molecule has 0 fully saturated rings. The highest BCUT2D eigenvalue weighted by atomic mass is 32.1. The Hall–Kier alpha value is -1.39. The lowest BCUT2D eigenvalue weighted by Gasteiger charge is -2.02. The third kappa shape index (κ3) is 1.38. The predicted molar refractivity (Wildman–Crippen MR) is 54.4 cm³/mol. The number of rotatable bonds is 1. The first-order chi connectivity index (χ1) is 6.70. The number of carbonyl (C=O) groups is 1. The summed E-state index contributed by atoms with van der Waals surface area (Å²) in [5.74, 6) is -0.957. The molecule has 2 N–H and O–H groups in total. The molecule has 0 spiro atoms. The number of hydrogen-bond acceptors (Lipinski definition) is 3. The van der Waals surface area contributed by atoms with Gasteiger partial charge in [-0.15, -0.1) is 11.3 Å². The number of aromatic carboxylic acids is 1. The van der Waals surface area contributed by atoms with Crippen molar-refractivity contribution in [2.45, 2.75) is 6.10 Å². The number of thiophene rings is 1. The summed E-state index contributed by atoms with van der Waals surface area (Å²) in [5, 5.41) is 20.1. The van der Waals surface area contributed by atoms with E-state index in [1.807, 2.05) is 0 Å². The van der Waals surface area contributed by atoms with Crippen LogP contribution in [0.5, 0.6) is 0 Å². The Morgan fingerprint density at radius 3 is 2.93 bits per heavy atom. The number of carboxylic acid groups (broad SMARTS) is 1. The Morgan fingerprint density at radius 2 is 2.21 bits per heavy atom. The van der Waals surface area contributed by atoms with Gasteiger partial charge in [0.25, 0.3) is 0 Å². The Morgan fingerprint density at radius 1 is 1.43 bits per heavy atom. The van der Waals surface area contributed by atoms with Crippen molar-refractivity contribution in [2.75, 3.05) is 0 Å². The fraction of sp³-hybridized carbons (Fsp3) is 0.100. The third-order valence-corrected chi connectivity index (χ3v) is 3.09.